The Balaban J connectivity index is 1.53. The summed E-state index contributed by atoms with van der Waals surface area (Å²) >= 11 is 0. The lowest BCUT2D eigenvalue weighted by atomic mass is 9.95. The molecule has 0 amide bonds. The number of carboxylic acids is 1. The van der Waals surface area contributed by atoms with Gasteiger partial charge in [-0.25, -0.2) is 4.39 Å². The van der Waals surface area contributed by atoms with Crippen LogP contribution in [0.5, 0.6) is 5.75 Å². The first-order chi connectivity index (χ1) is 13.2. The number of anilines is 1. The monoisotopic (exact) mass is 395 g/mol. The largest absolute Gasteiger partial charge is 0.573 e. The molecule has 148 valence electrons. The van der Waals surface area contributed by atoms with E-state index in [9.17, 15) is 22.4 Å². The quantitative estimate of drug-likeness (QED) is 0.776. The van der Waals surface area contributed by atoms with Crippen molar-refractivity contribution in [2.75, 3.05) is 11.4 Å². The van der Waals surface area contributed by atoms with Crippen LogP contribution in [0.1, 0.15) is 29.0 Å². The van der Waals surface area contributed by atoms with E-state index in [4.69, 9.17) is 5.11 Å². The Kier molecular flexibility index (Phi) is 4.44. The minimum absolute atomic E-state index is 0.0365. The third-order valence-electron chi connectivity index (χ3n) is 5.27. The molecule has 1 aliphatic heterocycles. The van der Waals surface area contributed by atoms with Crippen LogP contribution in [-0.4, -0.2) is 24.0 Å². The third-order valence-corrected chi connectivity index (χ3v) is 5.27. The maximum atomic E-state index is 14.2. The van der Waals surface area contributed by atoms with Crippen LogP contribution in [0.4, 0.5) is 23.2 Å². The summed E-state index contributed by atoms with van der Waals surface area (Å²) in [6, 6.07) is 8.75. The molecular weight excluding hydrogens is 378 g/mol. The number of ether oxygens (including phenoxy) is 1. The third kappa shape index (κ3) is 3.76. The summed E-state index contributed by atoms with van der Waals surface area (Å²) in [5.74, 6) is -2.15. The van der Waals surface area contributed by atoms with Gasteiger partial charge in [0.2, 0.25) is 0 Å². The second kappa shape index (κ2) is 6.68. The molecule has 0 saturated heterocycles. The summed E-state index contributed by atoms with van der Waals surface area (Å²) in [4.78, 5) is 12.7. The average Bonchev–Trinajstić information content (AvgIpc) is 3.42. The van der Waals surface area contributed by atoms with Crippen LogP contribution in [-0.2, 0) is 17.8 Å². The summed E-state index contributed by atoms with van der Waals surface area (Å²) in [6.45, 7) is 0.797. The molecule has 2 aromatic rings. The smallest absolute Gasteiger partial charge is 0.481 e. The molecule has 0 aromatic heterocycles. The predicted octanol–water partition coefficient (Wildman–Crippen LogP) is 4.48. The standard InChI is InChI=1S/C20H17F4NO3/c21-17-4-3-14(28-20(22,23)24)8-18(17)25-6-5-11-7-12(1-2-13(11)10-25)15-9-16(15)19(26)27/h1-4,7-8,15-16H,5-6,9-10H2,(H,26,27)/t15-,16?/m1/s1. The fraction of sp³-hybridized carbons (Fsp3) is 0.350. The van der Waals surface area contributed by atoms with Crippen LogP contribution in [0.2, 0.25) is 0 Å². The highest BCUT2D eigenvalue weighted by Crippen LogP contribution is 2.48. The number of rotatable bonds is 4. The van der Waals surface area contributed by atoms with Crippen molar-refractivity contribution < 1.29 is 32.2 Å². The van der Waals surface area contributed by atoms with Gasteiger partial charge in [0.15, 0.2) is 0 Å². The van der Waals surface area contributed by atoms with E-state index in [-0.39, 0.29) is 17.5 Å². The molecule has 2 aliphatic rings. The molecule has 1 saturated carbocycles. The van der Waals surface area contributed by atoms with E-state index in [1.54, 1.807) is 4.90 Å². The van der Waals surface area contributed by atoms with Gasteiger partial charge in [0.05, 0.1) is 11.6 Å². The number of benzene rings is 2. The van der Waals surface area contributed by atoms with Gasteiger partial charge in [-0.1, -0.05) is 18.2 Å². The Morgan fingerprint density at radius 2 is 1.93 bits per heavy atom. The van der Waals surface area contributed by atoms with E-state index in [1.807, 2.05) is 18.2 Å². The first kappa shape index (κ1) is 18.6. The molecule has 2 aromatic carbocycles. The van der Waals surface area contributed by atoms with Crippen molar-refractivity contribution in [3.8, 4) is 5.75 Å². The van der Waals surface area contributed by atoms with Crippen LogP contribution in [0.15, 0.2) is 36.4 Å². The first-order valence-electron chi connectivity index (χ1n) is 8.86. The van der Waals surface area contributed by atoms with E-state index in [0.29, 0.717) is 25.9 Å². The molecule has 0 bridgehead atoms. The number of aliphatic carboxylic acids is 1. The Bertz CT molecular complexity index is 928. The van der Waals surface area contributed by atoms with Crippen LogP contribution >= 0.6 is 0 Å². The minimum Gasteiger partial charge on any atom is -0.481 e. The van der Waals surface area contributed by atoms with Crippen LogP contribution in [0.25, 0.3) is 0 Å². The predicted molar refractivity (Wildman–Crippen MR) is 92.8 cm³/mol. The van der Waals surface area contributed by atoms with Crippen LogP contribution in [0.3, 0.4) is 0 Å². The van der Waals surface area contributed by atoms with E-state index >= 15 is 0 Å². The fourth-order valence-corrected chi connectivity index (χ4v) is 3.78. The summed E-state index contributed by atoms with van der Waals surface area (Å²) in [6.07, 6.45) is -3.61. The second-order valence-electron chi connectivity index (χ2n) is 7.15. The van der Waals surface area contributed by atoms with Crippen molar-refractivity contribution in [1.29, 1.82) is 0 Å². The number of fused-ring (bicyclic) bond motifs is 1. The van der Waals surface area contributed by atoms with Gasteiger partial charge in [-0.05, 0) is 47.6 Å². The molecule has 4 nitrogen and oxygen atoms in total. The van der Waals surface area contributed by atoms with Crippen molar-refractivity contribution in [2.45, 2.75) is 31.7 Å². The van der Waals surface area contributed by atoms with Gasteiger partial charge in [-0.15, -0.1) is 13.2 Å². The molecule has 8 heteroatoms. The Labute approximate surface area is 158 Å². The molecule has 2 atom stereocenters. The molecule has 1 heterocycles. The zero-order valence-corrected chi connectivity index (χ0v) is 14.7. The lowest BCUT2D eigenvalue weighted by molar-refractivity contribution is -0.274. The number of nitrogens with zero attached hydrogens (tertiary/aromatic N) is 1. The molecule has 0 radical (unpaired) electrons. The van der Waals surface area contributed by atoms with Crippen molar-refractivity contribution in [1.82, 2.24) is 0 Å². The number of alkyl halides is 3. The van der Waals surface area contributed by atoms with E-state index in [1.165, 1.54) is 0 Å². The highest BCUT2D eigenvalue weighted by molar-refractivity contribution is 5.75. The van der Waals surface area contributed by atoms with Gasteiger partial charge in [0, 0.05) is 19.2 Å². The molecule has 1 aliphatic carbocycles. The van der Waals surface area contributed by atoms with E-state index in [0.717, 1.165) is 34.9 Å². The lowest BCUT2D eigenvalue weighted by Gasteiger charge is -2.31. The number of hydrogen-bond acceptors (Lipinski definition) is 3. The SMILES string of the molecule is O=C(O)C1C[C@@H]1c1ccc2c(c1)CCN(c1cc(OC(F)(F)F)ccc1F)C2. The second-order valence-corrected chi connectivity index (χ2v) is 7.15. The molecular formula is C20H17F4NO3. The Morgan fingerprint density at radius 3 is 2.61 bits per heavy atom. The average molecular weight is 395 g/mol. The normalized spacial score (nSPS) is 21.2. The summed E-state index contributed by atoms with van der Waals surface area (Å²) in [5, 5.41) is 9.08. The van der Waals surface area contributed by atoms with Crippen molar-refractivity contribution in [3.05, 3.63) is 58.9 Å². The van der Waals surface area contributed by atoms with Gasteiger partial charge in [0.25, 0.3) is 0 Å². The zero-order chi connectivity index (χ0) is 20.1. The Morgan fingerprint density at radius 1 is 1.14 bits per heavy atom. The van der Waals surface area contributed by atoms with Crippen LogP contribution in [0, 0.1) is 11.7 Å². The number of halogens is 4. The number of carboxylic acid groups (broad SMARTS) is 1. The molecule has 1 unspecified atom stereocenters. The van der Waals surface area contributed by atoms with Crippen LogP contribution < -0.4 is 9.64 Å². The molecule has 4 rings (SSSR count). The number of carbonyl (C=O) groups is 1. The topological polar surface area (TPSA) is 49.8 Å². The Hall–Kier alpha value is -2.77. The van der Waals surface area contributed by atoms with Crippen molar-refractivity contribution in [3.63, 3.8) is 0 Å². The summed E-state index contributed by atoms with van der Waals surface area (Å²) in [5.41, 5.74) is 3.06. The minimum atomic E-state index is -4.84. The summed E-state index contributed by atoms with van der Waals surface area (Å²) in [7, 11) is 0. The van der Waals surface area contributed by atoms with Gasteiger partial charge >= 0.3 is 12.3 Å². The summed E-state index contributed by atoms with van der Waals surface area (Å²) < 4.78 is 55.4. The number of hydrogen-bond donors (Lipinski definition) is 1. The maximum Gasteiger partial charge on any atom is 0.573 e. The molecule has 1 N–H and O–H groups in total. The zero-order valence-electron chi connectivity index (χ0n) is 14.7. The molecule has 0 spiro atoms. The van der Waals surface area contributed by atoms with E-state index < -0.39 is 23.9 Å². The van der Waals surface area contributed by atoms with Crippen molar-refractivity contribution in [2.24, 2.45) is 5.92 Å². The van der Waals surface area contributed by atoms with E-state index in [2.05, 4.69) is 4.74 Å². The molecule has 1 fully saturated rings. The lowest BCUT2D eigenvalue weighted by Crippen LogP contribution is -2.31. The maximum absolute atomic E-state index is 14.2. The highest BCUT2D eigenvalue weighted by atomic mass is 19.4. The van der Waals surface area contributed by atoms with Gasteiger partial charge < -0.3 is 14.7 Å². The fourth-order valence-electron chi connectivity index (χ4n) is 3.78. The van der Waals surface area contributed by atoms with Gasteiger partial charge in [-0.3, -0.25) is 4.79 Å². The van der Waals surface area contributed by atoms with Gasteiger partial charge in [0.1, 0.15) is 11.6 Å². The highest BCUT2D eigenvalue weighted by Gasteiger charge is 2.44. The molecule has 28 heavy (non-hydrogen) atoms. The first-order valence-corrected chi connectivity index (χ1v) is 8.86. The van der Waals surface area contributed by atoms with Crippen molar-refractivity contribution >= 4 is 11.7 Å². The van der Waals surface area contributed by atoms with Gasteiger partial charge in [-0.2, -0.15) is 0 Å².